The Bertz CT molecular complexity index is 462. The molecule has 0 radical (unpaired) electrons. The molecule has 0 aliphatic rings. The number of hydrogen-bond donors (Lipinski definition) is 2. The van der Waals surface area contributed by atoms with Crippen LogP contribution in [0.2, 0.25) is 0 Å². The van der Waals surface area contributed by atoms with Crippen LogP contribution < -0.4 is 11.1 Å². The highest BCUT2D eigenvalue weighted by atomic mass is 32.1. The molecule has 1 heterocycles. The van der Waals surface area contributed by atoms with Crippen LogP contribution in [0.15, 0.2) is 0 Å². The normalized spacial score (nSPS) is 11.8. The summed E-state index contributed by atoms with van der Waals surface area (Å²) in [6.45, 7) is 13.0. The van der Waals surface area contributed by atoms with Gasteiger partial charge in [0.2, 0.25) is 0 Å². The van der Waals surface area contributed by atoms with Gasteiger partial charge in [-0.15, -0.1) is 0 Å². The number of rotatable bonds is 5. The Balaban J connectivity index is 2.98. The van der Waals surface area contributed by atoms with E-state index in [2.05, 4.69) is 17.2 Å². The molecule has 114 valence electrons. The molecule has 0 aromatic carbocycles. The molecule has 1 amide bonds. The molecule has 5 nitrogen and oxygen atoms in total. The van der Waals surface area contributed by atoms with Crippen LogP contribution in [-0.2, 0) is 0 Å². The van der Waals surface area contributed by atoms with Crippen LogP contribution >= 0.6 is 11.3 Å². The molecular formula is C14H26N4OS. The fourth-order valence-electron chi connectivity index (χ4n) is 1.83. The molecule has 0 saturated carbocycles. The summed E-state index contributed by atoms with van der Waals surface area (Å²) >= 11 is 1.33. The molecule has 20 heavy (non-hydrogen) atoms. The number of nitrogens with two attached hydrogens (primary N) is 1. The molecule has 0 aliphatic carbocycles. The third kappa shape index (κ3) is 4.37. The number of hydrogen-bond acceptors (Lipinski definition) is 5. The lowest BCUT2D eigenvalue weighted by Crippen LogP contribution is -2.37. The van der Waals surface area contributed by atoms with Crippen molar-refractivity contribution in [3.63, 3.8) is 0 Å². The molecule has 0 bridgehead atoms. The van der Waals surface area contributed by atoms with Crippen LogP contribution in [0.5, 0.6) is 0 Å². The molecule has 0 unspecified atom stereocenters. The fourth-order valence-corrected chi connectivity index (χ4v) is 2.87. The molecule has 0 aliphatic heterocycles. The van der Waals surface area contributed by atoms with E-state index in [0.29, 0.717) is 15.8 Å². The number of carbonyl (C=O) groups excluding carboxylic acids is 1. The van der Waals surface area contributed by atoms with Gasteiger partial charge in [-0.1, -0.05) is 18.3 Å². The zero-order valence-corrected chi connectivity index (χ0v) is 14.1. The average molecular weight is 298 g/mol. The van der Waals surface area contributed by atoms with Crippen LogP contribution in [0.4, 0.5) is 10.9 Å². The second-order valence-corrected chi connectivity index (χ2v) is 7.20. The summed E-state index contributed by atoms with van der Waals surface area (Å²) < 4.78 is 0. The van der Waals surface area contributed by atoms with Gasteiger partial charge in [0.1, 0.15) is 10.7 Å². The summed E-state index contributed by atoms with van der Waals surface area (Å²) in [6.07, 6.45) is 0.926. The Morgan fingerprint density at radius 1 is 1.45 bits per heavy atom. The lowest BCUT2D eigenvalue weighted by atomic mass is 10.1. The minimum atomic E-state index is -0.105. The zero-order valence-electron chi connectivity index (χ0n) is 13.3. The van der Waals surface area contributed by atoms with E-state index in [1.165, 1.54) is 11.3 Å². The monoisotopic (exact) mass is 298 g/mol. The van der Waals surface area contributed by atoms with Gasteiger partial charge in [-0.05, 0) is 41.0 Å². The van der Waals surface area contributed by atoms with Crippen LogP contribution in [0, 0.1) is 0 Å². The maximum Gasteiger partial charge on any atom is 0.268 e. The van der Waals surface area contributed by atoms with Gasteiger partial charge >= 0.3 is 0 Å². The molecule has 0 atom stereocenters. The molecule has 0 saturated heterocycles. The van der Waals surface area contributed by atoms with E-state index in [0.717, 1.165) is 13.0 Å². The first-order chi connectivity index (χ1) is 9.15. The summed E-state index contributed by atoms with van der Waals surface area (Å²) in [5.74, 6) is 0.285. The smallest absolute Gasteiger partial charge is 0.268 e. The van der Waals surface area contributed by atoms with Gasteiger partial charge in [0.25, 0.3) is 5.91 Å². The van der Waals surface area contributed by atoms with Crippen molar-refractivity contribution in [3.8, 4) is 0 Å². The van der Waals surface area contributed by atoms with E-state index in [-0.39, 0.29) is 17.5 Å². The third-order valence-electron chi connectivity index (χ3n) is 2.68. The highest BCUT2D eigenvalue weighted by molar-refractivity contribution is 7.18. The van der Waals surface area contributed by atoms with Crippen LogP contribution in [0.25, 0.3) is 0 Å². The van der Waals surface area contributed by atoms with Gasteiger partial charge in [-0.2, -0.15) is 0 Å². The molecular weight excluding hydrogens is 272 g/mol. The maximum absolute atomic E-state index is 12.6. The second kappa shape index (κ2) is 6.43. The maximum atomic E-state index is 12.6. The first-order valence-electron chi connectivity index (χ1n) is 7.01. The van der Waals surface area contributed by atoms with Crippen LogP contribution in [0.1, 0.15) is 57.6 Å². The Hall–Kier alpha value is -1.30. The number of amides is 1. The fraction of sp³-hybridized carbons (Fsp3) is 0.714. The Kier molecular flexibility index (Phi) is 5.39. The highest BCUT2D eigenvalue weighted by Crippen LogP contribution is 2.28. The predicted molar refractivity (Wildman–Crippen MR) is 86.4 cm³/mol. The van der Waals surface area contributed by atoms with Gasteiger partial charge in [-0.25, -0.2) is 4.98 Å². The predicted octanol–water partition coefficient (Wildman–Crippen LogP) is 3.20. The molecule has 0 fully saturated rings. The van der Waals surface area contributed by atoms with Crippen molar-refractivity contribution in [2.75, 3.05) is 17.6 Å². The summed E-state index contributed by atoms with van der Waals surface area (Å²) in [5.41, 5.74) is 5.80. The van der Waals surface area contributed by atoms with Gasteiger partial charge < -0.3 is 16.0 Å². The first kappa shape index (κ1) is 16.8. The summed E-state index contributed by atoms with van der Waals surface area (Å²) in [5, 5.41) is 3.95. The van der Waals surface area contributed by atoms with E-state index >= 15 is 0 Å². The number of anilines is 2. The lowest BCUT2D eigenvalue weighted by Gasteiger charge is -2.25. The Labute approximate surface area is 125 Å². The summed E-state index contributed by atoms with van der Waals surface area (Å²) in [6, 6.07) is 0.156. The number of thiazole rings is 1. The topological polar surface area (TPSA) is 71.2 Å². The largest absolute Gasteiger partial charge is 0.382 e. The van der Waals surface area contributed by atoms with Gasteiger partial charge in [0, 0.05) is 18.1 Å². The quantitative estimate of drug-likeness (QED) is 0.875. The number of nitrogens with zero attached hydrogens (tertiary/aromatic N) is 2. The molecule has 0 spiro atoms. The molecule has 1 rings (SSSR count). The molecule has 1 aromatic rings. The molecule has 3 N–H and O–H groups in total. The highest BCUT2D eigenvalue weighted by Gasteiger charge is 2.24. The zero-order chi connectivity index (χ0) is 15.5. The van der Waals surface area contributed by atoms with E-state index in [9.17, 15) is 4.79 Å². The van der Waals surface area contributed by atoms with E-state index in [4.69, 9.17) is 5.73 Å². The number of carbonyl (C=O) groups is 1. The van der Waals surface area contributed by atoms with Crippen LogP contribution in [-0.4, -0.2) is 33.9 Å². The van der Waals surface area contributed by atoms with E-state index in [1.54, 1.807) is 0 Å². The lowest BCUT2D eigenvalue weighted by molar-refractivity contribution is 0.0711. The third-order valence-corrected chi connectivity index (χ3v) is 3.65. The summed E-state index contributed by atoms with van der Waals surface area (Å²) in [4.78, 5) is 19.2. The van der Waals surface area contributed by atoms with Crippen molar-refractivity contribution in [2.45, 2.75) is 59.5 Å². The second-order valence-electron chi connectivity index (χ2n) is 6.20. The van der Waals surface area contributed by atoms with Gasteiger partial charge in [0.15, 0.2) is 5.13 Å². The minimum absolute atomic E-state index is 0.0289. The van der Waals surface area contributed by atoms with E-state index in [1.807, 2.05) is 39.5 Å². The van der Waals surface area contributed by atoms with Crippen molar-refractivity contribution < 1.29 is 4.79 Å². The van der Waals surface area contributed by atoms with Crippen molar-refractivity contribution in [1.29, 1.82) is 0 Å². The van der Waals surface area contributed by atoms with Crippen molar-refractivity contribution in [2.24, 2.45) is 0 Å². The first-order valence-corrected chi connectivity index (χ1v) is 7.82. The van der Waals surface area contributed by atoms with Crippen molar-refractivity contribution in [1.82, 2.24) is 9.88 Å². The number of nitrogens with one attached hydrogen (secondary N) is 1. The average Bonchev–Trinajstić information content (AvgIpc) is 2.63. The van der Waals surface area contributed by atoms with Crippen LogP contribution in [0.3, 0.4) is 0 Å². The van der Waals surface area contributed by atoms with E-state index < -0.39 is 0 Å². The molecule has 6 heteroatoms. The number of aromatic nitrogens is 1. The Morgan fingerprint density at radius 3 is 2.50 bits per heavy atom. The van der Waals surface area contributed by atoms with Crippen molar-refractivity contribution in [3.05, 3.63) is 4.88 Å². The summed E-state index contributed by atoms with van der Waals surface area (Å²) in [7, 11) is 0. The SMILES string of the molecule is CCCN(C(=O)c1sc(NC(C)(C)C)nc1N)C(C)C. The Morgan fingerprint density at radius 2 is 2.05 bits per heavy atom. The molecule has 1 aromatic heterocycles. The van der Waals surface area contributed by atoms with Gasteiger partial charge in [0.05, 0.1) is 0 Å². The minimum Gasteiger partial charge on any atom is -0.382 e. The van der Waals surface area contributed by atoms with Crippen molar-refractivity contribution >= 4 is 28.2 Å². The number of nitrogen functional groups attached to an aromatic ring is 1. The van der Waals surface area contributed by atoms with Gasteiger partial charge in [-0.3, -0.25) is 4.79 Å². The standard InChI is InChI=1S/C14H26N4OS/c1-7-8-18(9(2)3)12(19)10-11(15)16-13(20-10)17-14(4,5)6/h9H,7-8,15H2,1-6H3,(H,16,17).